The van der Waals surface area contributed by atoms with Crippen molar-refractivity contribution in [2.45, 2.75) is 12.3 Å². The SMILES string of the molecule is c1ccc(-c2cc(-c3ccccc3)nc(-c3ccc(-n4c5ccccc5c5cc6c(cc54)CC(c4cccc5ccccc45)c4ccc5ccccc5c4-6)c4ccccc34)n2)cc1. The lowest BCUT2D eigenvalue weighted by atomic mass is 9.73. The molecule has 1 aliphatic carbocycles. The number of hydrogen-bond donors (Lipinski definition) is 0. The Morgan fingerprint density at radius 1 is 0.381 bits per heavy atom. The Morgan fingerprint density at radius 3 is 1.73 bits per heavy atom. The van der Waals surface area contributed by atoms with Crippen LogP contribution in [0.3, 0.4) is 0 Å². The summed E-state index contributed by atoms with van der Waals surface area (Å²) in [4.78, 5) is 10.5. The highest BCUT2D eigenvalue weighted by Gasteiger charge is 2.30. The molecule has 0 saturated heterocycles. The van der Waals surface area contributed by atoms with Gasteiger partial charge >= 0.3 is 0 Å². The molecule has 0 saturated carbocycles. The van der Waals surface area contributed by atoms with Gasteiger partial charge in [0.05, 0.1) is 28.1 Å². The number of rotatable bonds is 5. The number of fused-ring (bicyclic) bond motifs is 10. The van der Waals surface area contributed by atoms with E-state index in [-0.39, 0.29) is 5.92 Å². The van der Waals surface area contributed by atoms with E-state index in [1.807, 2.05) is 12.1 Å². The Bertz CT molecular complexity index is 3710. The molecule has 0 amide bonds. The predicted molar refractivity (Wildman–Crippen MR) is 263 cm³/mol. The van der Waals surface area contributed by atoms with Crippen molar-refractivity contribution in [1.82, 2.24) is 14.5 Å². The second-order valence-corrected chi connectivity index (χ2v) is 16.8. The highest BCUT2D eigenvalue weighted by atomic mass is 15.0. The molecule has 1 atom stereocenters. The van der Waals surface area contributed by atoms with E-state index in [2.05, 4.69) is 211 Å². The molecule has 0 N–H and O–H groups in total. The van der Waals surface area contributed by atoms with Crippen LogP contribution in [0.15, 0.2) is 218 Å². The Morgan fingerprint density at radius 2 is 0.984 bits per heavy atom. The average molecular weight is 802 g/mol. The van der Waals surface area contributed by atoms with E-state index >= 15 is 0 Å². The Hall–Kier alpha value is -8.14. The molecule has 3 nitrogen and oxygen atoms in total. The quantitative estimate of drug-likeness (QED) is 0.174. The maximum Gasteiger partial charge on any atom is 0.161 e. The number of aromatic nitrogens is 3. The van der Waals surface area contributed by atoms with E-state index in [0.29, 0.717) is 5.82 Å². The number of hydrogen-bond acceptors (Lipinski definition) is 2. The minimum absolute atomic E-state index is 0.200. The first kappa shape index (κ1) is 35.6. The number of benzene rings is 10. The summed E-state index contributed by atoms with van der Waals surface area (Å²) in [7, 11) is 0. The van der Waals surface area contributed by atoms with E-state index in [9.17, 15) is 0 Å². The second-order valence-electron chi connectivity index (χ2n) is 16.8. The first-order valence-corrected chi connectivity index (χ1v) is 21.8. The van der Waals surface area contributed by atoms with Gasteiger partial charge in [0.15, 0.2) is 5.82 Å². The fraction of sp³-hybridized carbons (Fsp3) is 0.0333. The van der Waals surface area contributed by atoms with Gasteiger partial charge in [-0.2, -0.15) is 0 Å². The summed E-state index contributed by atoms with van der Waals surface area (Å²) in [5.74, 6) is 0.908. The van der Waals surface area contributed by atoms with Crippen molar-refractivity contribution >= 4 is 54.1 Å². The van der Waals surface area contributed by atoms with Gasteiger partial charge in [-0.1, -0.05) is 182 Å². The van der Waals surface area contributed by atoms with Crippen LogP contribution in [0.4, 0.5) is 0 Å². The topological polar surface area (TPSA) is 30.7 Å². The summed E-state index contributed by atoms with van der Waals surface area (Å²) in [6.07, 6.45) is 0.907. The zero-order chi connectivity index (χ0) is 41.4. The lowest BCUT2D eigenvalue weighted by molar-refractivity contribution is 0.803. The van der Waals surface area contributed by atoms with Crippen molar-refractivity contribution in [3.63, 3.8) is 0 Å². The van der Waals surface area contributed by atoms with Gasteiger partial charge in [-0.15, -0.1) is 0 Å². The van der Waals surface area contributed by atoms with E-state index < -0.39 is 0 Å². The molecular formula is C60H39N3. The van der Waals surface area contributed by atoms with Crippen LogP contribution >= 0.6 is 0 Å². The first-order chi connectivity index (χ1) is 31.2. The van der Waals surface area contributed by atoms with Crippen LogP contribution < -0.4 is 0 Å². The van der Waals surface area contributed by atoms with Crippen LogP contribution in [0.1, 0.15) is 22.6 Å². The summed E-state index contributed by atoms with van der Waals surface area (Å²) in [5.41, 5.74) is 15.3. The molecule has 0 spiro atoms. The van der Waals surface area contributed by atoms with E-state index in [0.717, 1.165) is 51.0 Å². The third-order valence-electron chi connectivity index (χ3n) is 13.4. The molecule has 10 aromatic carbocycles. The van der Waals surface area contributed by atoms with Crippen molar-refractivity contribution in [2.24, 2.45) is 0 Å². The van der Waals surface area contributed by atoms with Crippen molar-refractivity contribution in [2.75, 3.05) is 0 Å². The van der Waals surface area contributed by atoms with Crippen LogP contribution in [0.25, 0.3) is 105 Å². The monoisotopic (exact) mass is 801 g/mol. The summed E-state index contributed by atoms with van der Waals surface area (Å²) in [6, 6.07) is 79.4. The molecule has 0 aliphatic heterocycles. The fourth-order valence-corrected chi connectivity index (χ4v) is 10.5. The smallest absolute Gasteiger partial charge is 0.161 e. The summed E-state index contributed by atoms with van der Waals surface area (Å²) in [5, 5.41) is 9.93. The van der Waals surface area contributed by atoms with Crippen LogP contribution in [-0.4, -0.2) is 14.5 Å². The molecular weight excluding hydrogens is 763 g/mol. The summed E-state index contributed by atoms with van der Waals surface area (Å²) in [6.45, 7) is 0. The molecule has 294 valence electrons. The van der Waals surface area contributed by atoms with Crippen molar-refractivity contribution < 1.29 is 0 Å². The standard InChI is InChI=1S/C60H39N3/c1-3-18-40(19-4-1)54-37-55(41-20-5-2-6-21-41)62-60(61-54)50-32-33-57(47-26-12-11-25-46(47)50)63-56-29-14-13-27-48(56)53-36-51-42(35-58(53)63)34-52(45-28-15-22-38-16-7-9-23-43(38)45)49-31-30-39-17-8-10-24-44(39)59(49)51/h1-33,35-37,52H,34H2. The zero-order valence-corrected chi connectivity index (χ0v) is 34.4. The molecule has 3 heteroatoms. The molecule has 63 heavy (non-hydrogen) atoms. The van der Waals surface area contributed by atoms with Crippen molar-refractivity contribution in [3.8, 4) is 50.7 Å². The molecule has 1 aliphatic rings. The molecule has 0 fully saturated rings. The van der Waals surface area contributed by atoms with Gasteiger partial charge in [0.25, 0.3) is 0 Å². The van der Waals surface area contributed by atoms with Gasteiger partial charge < -0.3 is 4.57 Å². The normalized spacial score (nSPS) is 13.5. The summed E-state index contributed by atoms with van der Waals surface area (Å²) >= 11 is 0. The van der Waals surface area contributed by atoms with Gasteiger partial charge in [-0.05, 0) is 97.6 Å². The van der Waals surface area contributed by atoms with Crippen molar-refractivity contribution in [3.05, 3.63) is 235 Å². The second kappa shape index (κ2) is 14.2. The molecule has 2 aromatic heterocycles. The molecule has 13 rings (SSSR count). The first-order valence-electron chi connectivity index (χ1n) is 21.8. The minimum atomic E-state index is 0.200. The maximum atomic E-state index is 5.26. The molecule has 1 unspecified atom stereocenters. The number of nitrogens with zero attached hydrogens (tertiary/aromatic N) is 3. The maximum absolute atomic E-state index is 5.26. The lowest BCUT2D eigenvalue weighted by Crippen LogP contribution is -2.14. The Balaban J connectivity index is 1.05. The van der Waals surface area contributed by atoms with E-state index in [4.69, 9.17) is 9.97 Å². The van der Waals surface area contributed by atoms with Crippen LogP contribution in [0.5, 0.6) is 0 Å². The van der Waals surface area contributed by atoms with Gasteiger partial charge in [0, 0.05) is 38.8 Å². The van der Waals surface area contributed by atoms with Crippen LogP contribution in [0.2, 0.25) is 0 Å². The van der Waals surface area contributed by atoms with Crippen LogP contribution in [-0.2, 0) is 6.42 Å². The largest absolute Gasteiger partial charge is 0.309 e. The third kappa shape index (κ3) is 5.67. The Kier molecular flexibility index (Phi) is 8.04. The lowest BCUT2D eigenvalue weighted by Gasteiger charge is -2.30. The highest BCUT2D eigenvalue weighted by Crippen LogP contribution is 2.50. The molecule has 12 aromatic rings. The van der Waals surface area contributed by atoms with E-state index in [1.165, 1.54) is 71.2 Å². The van der Waals surface area contributed by atoms with Crippen molar-refractivity contribution in [1.29, 1.82) is 0 Å². The number of para-hydroxylation sites is 1. The zero-order valence-electron chi connectivity index (χ0n) is 34.4. The van der Waals surface area contributed by atoms with Gasteiger partial charge in [-0.25, -0.2) is 9.97 Å². The third-order valence-corrected chi connectivity index (χ3v) is 13.4. The highest BCUT2D eigenvalue weighted by molar-refractivity contribution is 6.14. The van der Waals surface area contributed by atoms with Gasteiger partial charge in [-0.3, -0.25) is 0 Å². The molecule has 0 radical (unpaired) electrons. The van der Waals surface area contributed by atoms with E-state index in [1.54, 1.807) is 0 Å². The summed E-state index contributed by atoms with van der Waals surface area (Å²) < 4.78 is 2.50. The van der Waals surface area contributed by atoms with Crippen LogP contribution in [0, 0.1) is 0 Å². The van der Waals surface area contributed by atoms with Gasteiger partial charge in [0.2, 0.25) is 0 Å². The fourth-order valence-electron chi connectivity index (χ4n) is 10.5. The predicted octanol–water partition coefficient (Wildman–Crippen LogP) is 15.4. The minimum Gasteiger partial charge on any atom is -0.309 e. The van der Waals surface area contributed by atoms with Gasteiger partial charge in [0.1, 0.15) is 0 Å². The Labute approximate surface area is 365 Å². The molecule has 2 heterocycles. The average Bonchev–Trinajstić information content (AvgIpc) is 3.68. The molecule has 0 bridgehead atoms.